The molecule has 1 aliphatic rings. The minimum atomic E-state index is -0.495. The molecule has 18 nitrogen and oxygen atoms in total. The van der Waals surface area contributed by atoms with Crippen molar-refractivity contribution in [3.8, 4) is 23.0 Å². The van der Waals surface area contributed by atoms with E-state index in [4.69, 9.17) is 63.5 Å². The fourth-order valence-corrected chi connectivity index (χ4v) is 6.20. The second-order valence-electron chi connectivity index (χ2n) is 14.7. The first-order chi connectivity index (χ1) is 30.9. The van der Waals surface area contributed by atoms with Gasteiger partial charge < -0.3 is 62.3 Å². The quantitative estimate of drug-likeness (QED) is 0.0179. The number of carbonyl (C=O) groups excluding carboxylic acids is 2. The van der Waals surface area contributed by atoms with Gasteiger partial charge in [0.1, 0.15) is 46.3 Å². The van der Waals surface area contributed by atoms with E-state index in [9.17, 15) is 9.59 Å². The van der Waals surface area contributed by atoms with Gasteiger partial charge in [-0.15, -0.1) is 0 Å². The van der Waals surface area contributed by atoms with Gasteiger partial charge in [-0.2, -0.15) is 0 Å². The Bertz CT molecular complexity index is 2130. The van der Waals surface area contributed by atoms with Gasteiger partial charge in [-0.05, 0) is 112 Å². The lowest BCUT2D eigenvalue weighted by molar-refractivity contribution is -0.156. The number of amidine groups is 4. The summed E-state index contributed by atoms with van der Waals surface area (Å²) in [6.07, 6.45) is 3.00. The van der Waals surface area contributed by atoms with Gasteiger partial charge >= 0.3 is 11.8 Å². The van der Waals surface area contributed by atoms with Gasteiger partial charge in [-0.1, -0.05) is 24.3 Å². The summed E-state index contributed by atoms with van der Waals surface area (Å²) in [6.45, 7) is 7.46. The van der Waals surface area contributed by atoms with Crippen LogP contribution in [0.25, 0.3) is 0 Å². The molecule has 0 spiro atoms. The predicted octanol–water partition coefficient (Wildman–Crippen LogP) is 2.84. The molecular formula is C46H62N12O6. The van der Waals surface area contributed by atoms with Crippen molar-refractivity contribution in [2.45, 2.75) is 25.7 Å². The molecule has 4 aromatic carbocycles. The minimum absolute atomic E-state index is 0.000785. The molecule has 2 amide bonds. The molecule has 1 saturated heterocycles. The smallest absolute Gasteiger partial charge is 0.312 e. The molecule has 1 fully saturated rings. The van der Waals surface area contributed by atoms with Crippen LogP contribution in [0.1, 0.15) is 47.9 Å². The lowest BCUT2D eigenvalue weighted by atomic mass is 10.2. The summed E-state index contributed by atoms with van der Waals surface area (Å²) < 4.78 is 22.7. The van der Waals surface area contributed by atoms with Gasteiger partial charge in [0, 0.05) is 61.5 Å². The number of nitrogen functional groups attached to an aromatic ring is 4. The molecule has 0 aromatic heterocycles. The van der Waals surface area contributed by atoms with Crippen LogP contribution in [0.15, 0.2) is 97.1 Å². The van der Waals surface area contributed by atoms with Crippen molar-refractivity contribution in [3.05, 3.63) is 119 Å². The molecule has 18 heteroatoms. The zero-order valence-electron chi connectivity index (χ0n) is 36.2. The summed E-state index contributed by atoms with van der Waals surface area (Å²) in [6, 6.07) is 28.4. The molecule has 0 atom stereocenters. The zero-order valence-corrected chi connectivity index (χ0v) is 36.2. The number of benzene rings is 4. The average Bonchev–Trinajstić information content (AvgIpc) is 3.29. The highest BCUT2D eigenvalue weighted by Gasteiger charge is 2.31. The number of hydrogen-bond donors (Lipinski definition) is 10. The highest BCUT2D eigenvalue weighted by molar-refractivity contribution is 6.35. The number of nitrogens with two attached hydrogens (primary N) is 4. The van der Waals surface area contributed by atoms with Gasteiger partial charge in [-0.25, -0.2) is 0 Å². The fraction of sp³-hybridized carbons (Fsp3) is 0.348. The Labute approximate surface area is 374 Å². The maximum atomic E-state index is 12.5. The van der Waals surface area contributed by atoms with E-state index in [0.29, 0.717) is 99.2 Å². The van der Waals surface area contributed by atoms with E-state index >= 15 is 0 Å². The first-order valence-corrected chi connectivity index (χ1v) is 21.2. The van der Waals surface area contributed by atoms with Crippen molar-refractivity contribution in [2.24, 2.45) is 22.9 Å². The van der Waals surface area contributed by atoms with Gasteiger partial charge in [0.05, 0.1) is 26.4 Å². The van der Waals surface area contributed by atoms with Crippen LogP contribution in [-0.2, 0) is 9.59 Å². The Hall–Kier alpha value is -7.18. The number of amides is 2. The number of piperazine rings is 1. The molecule has 342 valence electrons. The summed E-state index contributed by atoms with van der Waals surface area (Å²) in [5.74, 6) is 1.89. The Morgan fingerprint density at radius 1 is 0.453 bits per heavy atom. The van der Waals surface area contributed by atoms with Crippen LogP contribution in [0.5, 0.6) is 23.0 Å². The summed E-state index contributed by atoms with van der Waals surface area (Å²) in [5.41, 5.74) is 24.4. The summed E-state index contributed by atoms with van der Waals surface area (Å²) >= 11 is 0. The number of nitrogens with one attached hydrogen (secondary N) is 6. The summed E-state index contributed by atoms with van der Waals surface area (Å²) in [4.78, 5) is 28.0. The maximum absolute atomic E-state index is 12.5. The van der Waals surface area contributed by atoms with Crippen molar-refractivity contribution in [1.29, 1.82) is 21.6 Å². The van der Waals surface area contributed by atoms with Gasteiger partial charge in [0.25, 0.3) is 0 Å². The van der Waals surface area contributed by atoms with Crippen molar-refractivity contribution in [3.63, 3.8) is 0 Å². The Kier molecular flexibility index (Phi) is 20.9. The van der Waals surface area contributed by atoms with Crippen molar-refractivity contribution < 1.29 is 28.5 Å². The largest absolute Gasteiger partial charge is 0.494 e. The number of hydrogen-bond acceptors (Lipinski definition) is 12. The van der Waals surface area contributed by atoms with Crippen LogP contribution < -0.4 is 52.5 Å². The zero-order chi connectivity index (χ0) is 46.1. The molecule has 0 bridgehead atoms. The SMILES string of the molecule is N=C(N)c1ccc(OCCCN2CCN(CCCOc3cccc(C(=N)N)c3)C(=O)C2=O)cc1.N=C(N)c1ccc(OCCCNCCNCCCOc2cccc(C(=N)N)c2)cc1. The molecular weight excluding hydrogens is 817 g/mol. The summed E-state index contributed by atoms with van der Waals surface area (Å²) in [5, 5.41) is 36.4. The van der Waals surface area contributed by atoms with Crippen molar-refractivity contribution in [2.75, 3.05) is 78.8 Å². The topological polar surface area (TPSA) is 301 Å². The van der Waals surface area contributed by atoms with E-state index in [0.717, 1.165) is 50.5 Å². The monoisotopic (exact) mass is 878 g/mol. The third kappa shape index (κ3) is 17.7. The standard InChI is InChI=1S/C24H30N6O4.C22H32N6O2/c25-21(26)17-6-8-19(9-7-17)33-14-2-10-29-12-13-30(24(32)23(29)31)11-3-15-34-20-5-1-4-18(16-20)22(27)28;23-21(24)17-6-8-19(9-7-17)29-14-2-10-27-12-13-28-11-3-15-30-20-5-1-4-18(16-20)22(25)26/h1,4-9,16H,2-3,10-15H2,(H3,25,26)(H3,27,28);1,4-9,16,27-28H,2-3,10-15H2,(H3,23,24)(H3,25,26). The lowest BCUT2D eigenvalue weighted by Gasteiger charge is -2.33. The molecule has 1 aliphatic heterocycles. The Balaban J connectivity index is 0.000000283. The first-order valence-electron chi connectivity index (χ1n) is 21.2. The first kappa shape index (κ1) is 49.5. The average molecular weight is 879 g/mol. The molecule has 5 rings (SSSR count). The highest BCUT2D eigenvalue weighted by atomic mass is 16.5. The summed E-state index contributed by atoms with van der Waals surface area (Å²) in [7, 11) is 0. The van der Waals surface area contributed by atoms with E-state index in [1.54, 1.807) is 82.6 Å². The molecule has 0 saturated carbocycles. The molecule has 0 radical (unpaired) electrons. The van der Waals surface area contributed by atoms with Crippen LogP contribution in [0.2, 0.25) is 0 Å². The number of carbonyl (C=O) groups is 2. The van der Waals surface area contributed by atoms with Crippen molar-refractivity contribution in [1.82, 2.24) is 20.4 Å². The third-order valence-corrected chi connectivity index (χ3v) is 9.71. The van der Waals surface area contributed by atoms with Gasteiger partial charge in [0.15, 0.2) is 0 Å². The van der Waals surface area contributed by atoms with Crippen LogP contribution in [-0.4, -0.2) is 124 Å². The lowest BCUT2D eigenvalue weighted by Crippen LogP contribution is -2.54. The van der Waals surface area contributed by atoms with E-state index in [1.807, 2.05) is 24.3 Å². The third-order valence-electron chi connectivity index (χ3n) is 9.71. The van der Waals surface area contributed by atoms with Crippen LogP contribution in [0.4, 0.5) is 0 Å². The van der Waals surface area contributed by atoms with E-state index < -0.39 is 11.8 Å². The second-order valence-corrected chi connectivity index (χ2v) is 14.7. The van der Waals surface area contributed by atoms with E-state index in [2.05, 4.69) is 10.6 Å². The Morgan fingerprint density at radius 3 is 1.16 bits per heavy atom. The molecule has 64 heavy (non-hydrogen) atoms. The molecule has 4 aromatic rings. The molecule has 1 heterocycles. The van der Waals surface area contributed by atoms with Gasteiger partial charge in [0.2, 0.25) is 0 Å². The Morgan fingerprint density at radius 2 is 0.797 bits per heavy atom. The van der Waals surface area contributed by atoms with E-state index in [1.165, 1.54) is 0 Å². The fourth-order valence-electron chi connectivity index (χ4n) is 6.20. The molecule has 0 unspecified atom stereocenters. The van der Waals surface area contributed by atoms with Crippen molar-refractivity contribution >= 4 is 35.2 Å². The maximum Gasteiger partial charge on any atom is 0.312 e. The predicted molar refractivity (Wildman–Crippen MR) is 249 cm³/mol. The van der Waals surface area contributed by atoms with Crippen LogP contribution >= 0.6 is 0 Å². The van der Waals surface area contributed by atoms with E-state index in [-0.39, 0.29) is 23.3 Å². The van der Waals surface area contributed by atoms with Gasteiger partial charge in [-0.3, -0.25) is 31.2 Å². The number of rotatable bonds is 27. The van der Waals surface area contributed by atoms with Crippen LogP contribution in [0.3, 0.4) is 0 Å². The molecule has 14 N–H and O–H groups in total. The molecule has 0 aliphatic carbocycles. The number of nitrogens with zero attached hydrogens (tertiary/aromatic N) is 2. The van der Waals surface area contributed by atoms with Crippen LogP contribution in [0, 0.1) is 21.6 Å². The minimum Gasteiger partial charge on any atom is -0.494 e. The number of ether oxygens (including phenoxy) is 4. The normalized spacial score (nSPS) is 12.2. The second kappa shape index (κ2) is 27.0. The highest BCUT2D eigenvalue weighted by Crippen LogP contribution is 2.16.